The Bertz CT molecular complexity index is 425. The SMILES string of the molecule is O=C1CC[C@H]2c3cc(O)ccc3O[C@H]2C1. The molecule has 0 unspecified atom stereocenters. The Morgan fingerprint density at radius 1 is 1.40 bits per heavy atom. The molecule has 1 saturated carbocycles. The summed E-state index contributed by atoms with van der Waals surface area (Å²) in [5.41, 5.74) is 1.06. The molecule has 1 aliphatic carbocycles. The Kier molecular flexibility index (Phi) is 1.75. The summed E-state index contributed by atoms with van der Waals surface area (Å²) in [4.78, 5) is 11.3. The molecule has 1 N–H and O–H groups in total. The van der Waals surface area contributed by atoms with Crippen molar-refractivity contribution in [1.82, 2.24) is 0 Å². The number of carbonyl (C=O) groups is 1. The summed E-state index contributed by atoms with van der Waals surface area (Å²) in [5.74, 6) is 1.69. The molecule has 0 bridgehead atoms. The minimum absolute atomic E-state index is 0.00282. The van der Waals surface area contributed by atoms with Gasteiger partial charge in [-0.05, 0) is 24.6 Å². The van der Waals surface area contributed by atoms with Crippen molar-refractivity contribution < 1.29 is 14.6 Å². The van der Waals surface area contributed by atoms with E-state index in [4.69, 9.17) is 4.74 Å². The van der Waals surface area contributed by atoms with Gasteiger partial charge >= 0.3 is 0 Å². The monoisotopic (exact) mass is 204 g/mol. The summed E-state index contributed by atoms with van der Waals surface area (Å²) < 4.78 is 5.70. The summed E-state index contributed by atoms with van der Waals surface area (Å²) in [6.07, 6.45) is 2.00. The molecule has 3 heteroatoms. The molecule has 3 rings (SSSR count). The number of hydrogen-bond acceptors (Lipinski definition) is 3. The highest BCUT2D eigenvalue weighted by Crippen LogP contribution is 2.45. The van der Waals surface area contributed by atoms with Crippen LogP contribution in [0, 0.1) is 0 Å². The molecule has 2 atom stereocenters. The number of ether oxygens (including phenoxy) is 1. The summed E-state index contributed by atoms with van der Waals surface area (Å²) in [6, 6.07) is 5.17. The van der Waals surface area contributed by atoms with Gasteiger partial charge in [0.25, 0.3) is 0 Å². The van der Waals surface area contributed by atoms with Gasteiger partial charge in [-0.25, -0.2) is 0 Å². The molecular weight excluding hydrogens is 192 g/mol. The number of Topliss-reactive ketones (excluding diaryl/α,β-unsaturated/α-hetero) is 1. The average Bonchev–Trinajstić information content (AvgIpc) is 2.54. The van der Waals surface area contributed by atoms with Crippen molar-refractivity contribution >= 4 is 5.78 Å². The van der Waals surface area contributed by atoms with Crippen LogP contribution in [0.4, 0.5) is 0 Å². The molecule has 1 aromatic carbocycles. The number of benzene rings is 1. The highest BCUT2D eigenvalue weighted by atomic mass is 16.5. The minimum atomic E-state index is 0.00282. The van der Waals surface area contributed by atoms with E-state index >= 15 is 0 Å². The maximum Gasteiger partial charge on any atom is 0.136 e. The fourth-order valence-corrected chi connectivity index (χ4v) is 2.55. The van der Waals surface area contributed by atoms with Crippen LogP contribution >= 0.6 is 0 Å². The van der Waals surface area contributed by atoms with Crippen LogP contribution in [0.1, 0.15) is 30.7 Å². The first-order valence-corrected chi connectivity index (χ1v) is 5.25. The Balaban J connectivity index is 1.99. The van der Waals surface area contributed by atoms with Gasteiger partial charge in [0.05, 0.1) is 0 Å². The summed E-state index contributed by atoms with van der Waals surface area (Å²) >= 11 is 0. The standard InChI is InChI=1S/C12H12O3/c13-7-2-4-11-10(5-7)9-3-1-8(14)6-12(9)15-11/h2,4-5,9,12-13H,1,3,6H2/t9-,12-/m0/s1. The molecule has 0 aromatic heterocycles. The van der Waals surface area contributed by atoms with Gasteiger partial charge in [0, 0.05) is 24.3 Å². The Labute approximate surface area is 87.7 Å². The van der Waals surface area contributed by atoms with Gasteiger partial charge < -0.3 is 9.84 Å². The molecule has 0 saturated heterocycles. The van der Waals surface area contributed by atoms with Crippen LogP contribution in [-0.4, -0.2) is 17.0 Å². The summed E-state index contributed by atoms with van der Waals surface area (Å²) in [7, 11) is 0. The lowest BCUT2D eigenvalue weighted by Gasteiger charge is -2.22. The van der Waals surface area contributed by atoms with E-state index in [0.717, 1.165) is 17.7 Å². The van der Waals surface area contributed by atoms with Crippen LogP contribution in [0.15, 0.2) is 18.2 Å². The number of hydrogen-bond donors (Lipinski definition) is 1. The fraction of sp³-hybridized carbons (Fsp3) is 0.417. The molecule has 0 radical (unpaired) electrons. The zero-order chi connectivity index (χ0) is 10.4. The highest BCUT2D eigenvalue weighted by Gasteiger charge is 2.38. The average molecular weight is 204 g/mol. The molecule has 0 spiro atoms. The molecule has 1 aromatic rings. The smallest absolute Gasteiger partial charge is 0.136 e. The third-order valence-electron chi connectivity index (χ3n) is 3.28. The zero-order valence-corrected chi connectivity index (χ0v) is 8.27. The van der Waals surface area contributed by atoms with E-state index in [0.29, 0.717) is 18.8 Å². The third-order valence-corrected chi connectivity index (χ3v) is 3.28. The van der Waals surface area contributed by atoms with Gasteiger partial charge in [-0.2, -0.15) is 0 Å². The lowest BCUT2D eigenvalue weighted by molar-refractivity contribution is -0.122. The van der Waals surface area contributed by atoms with Crippen LogP contribution in [0.25, 0.3) is 0 Å². The van der Waals surface area contributed by atoms with Crippen LogP contribution in [0.5, 0.6) is 11.5 Å². The van der Waals surface area contributed by atoms with Gasteiger partial charge in [-0.3, -0.25) is 4.79 Å². The molecule has 78 valence electrons. The number of rotatable bonds is 0. The lowest BCUT2D eigenvalue weighted by Crippen LogP contribution is -2.27. The van der Waals surface area contributed by atoms with Gasteiger partial charge in [0.2, 0.25) is 0 Å². The number of phenolic OH excluding ortho intramolecular Hbond substituents is 1. The van der Waals surface area contributed by atoms with Crippen molar-refractivity contribution in [2.24, 2.45) is 0 Å². The van der Waals surface area contributed by atoms with Crippen molar-refractivity contribution in [3.63, 3.8) is 0 Å². The predicted molar refractivity (Wildman–Crippen MR) is 54.1 cm³/mol. The largest absolute Gasteiger partial charge is 0.508 e. The fourth-order valence-electron chi connectivity index (χ4n) is 2.55. The van der Waals surface area contributed by atoms with E-state index in [9.17, 15) is 9.90 Å². The first kappa shape index (κ1) is 8.77. The third kappa shape index (κ3) is 1.30. The van der Waals surface area contributed by atoms with Gasteiger partial charge in [-0.1, -0.05) is 0 Å². The highest BCUT2D eigenvalue weighted by molar-refractivity contribution is 5.80. The van der Waals surface area contributed by atoms with Crippen molar-refractivity contribution in [2.75, 3.05) is 0 Å². The molecule has 2 aliphatic rings. The van der Waals surface area contributed by atoms with E-state index in [1.54, 1.807) is 18.2 Å². The van der Waals surface area contributed by atoms with Crippen molar-refractivity contribution in [3.05, 3.63) is 23.8 Å². The quantitative estimate of drug-likeness (QED) is 0.703. The van der Waals surface area contributed by atoms with Crippen molar-refractivity contribution in [1.29, 1.82) is 0 Å². The number of ketones is 1. The normalized spacial score (nSPS) is 28.1. The van der Waals surface area contributed by atoms with Crippen molar-refractivity contribution in [2.45, 2.75) is 31.3 Å². The van der Waals surface area contributed by atoms with Crippen LogP contribution < -0.4 is 4.74 Å². The van der Waals surface area contributed by atoms with Crippen LogP contribution in [0.3, 0.4) is 0 Å². The molecule has 1 fully saturated rings. The molecule has 1 heterocycles. The number of fused-ring (bicyclic) bond motifs is 3. The topological polar surface area (TPSA) is 46.5 Å². The summed E-state index contributed by atoms with van der Waals surface area (Å²) in [5, 5.41) is 9.42. The lowest BCUT2D eigenvalue weighted by atomic mass is 9.83. The number of carbonyl (C=O) groups excluding carboxylic acids is 1. The van der Waals surface area contributed by atoms with Crippen LogP contribution in [-0.2, 0) is 4.79 Å². The van der Waals surface area contributed by atoms with Crippen molar-refractivity contribution in [3.8, 4) is 11.5 Å². The van der Waals surface area contributed by atoms with E-state index in [1.807, 2.05) is 0 Å². The molecular formula is C12H12O3. The second kappa shape index (κ2) is 2.99. The van der Waals surface area contributed by atoms with E-state index in [-0.39, 0.29) is 17.6 Å². The Morgan fingerprint density at radius 3 is 3.13 bits per heavy atom. The first-order valence-electron chi connectivity index (χ1n) is 5.25. The van der Waals surface area contributed by atoms with Crippen LogP contribution in [0.2, 0.25) is 0 Å². The van der Waals surface area contributed by atoms with Gasteiger partial charge in [-0.15, -0.1) is 0 Å². The number of aromatic hydroxyl groups is 1. The Hall–Kier alpha value is -1.51. The molecule has 3 nitrogen and oxygen atoms in total. The molecule has 1 aliphatic heterocycles. The zero-order valence-electron chi connectivity index (χ0n) is 8.27. The Morgan fingerprint density at radius 2 is 2.27 bits per heavy atom. The minimum Gasteiger partial charge on any atom is -0.508 e. The van der Waals surface area contributed by atoms with E-state index < -0.39 is 0 Å². The predicted octanol–water partition coefficient (Wildman–Crippen LogP) is 1.99. The van der Waals surface area contributed by atoms with E-state index in [2.05, 4.69) is 0 Å². The van der Waals surface area contributed by atoms with Gasteiger partial charge in [0.15, 0.2) is 0 Å². The van der Waals surface area contributed by atoms with E-state index in [1.165, 1.54) is 0 Å². The summed E-state index contributed by atoms with van der Waals surface area (Å²) in [6.45, 7) is 0. The second-order valence-electron chi connectivity index (χ2n) is 4.27. The van der Waals surface area contributed by atoms with Gasteiger partial charge in [0.1, 0.15) is 23.4 Å². The first-order chi connectivity index (χ1) is 7.24. The number of phenols is 1. The molecule has 0 amide bonds. The maximum absolute atomic E-state index is 11.3. The maximum atomic E-state index is 11.3. The molecule has 15 heavy (non-hydrogen) atoms. The second-order valence-corrected chi connectivity index (χ2v) is 4.27.